The third-order valence-electron chi connectivity index (χ3n) is 4.74. The number of fused-ring (bicyclic) bond motifs is 2. The Morgan fingerprint density at radius 2 is 2.05 bits per heavy atom. The molecule has 1 aromatic rings. The van der Waals surface area contributed by atoms with Crippen LogP contribution in [0.5, 0.6) is 0 Å². The van der Waals surface area contributed by atoms with Crippen molar-refractivity contribution in [1.29, 1.82) is 0 Å². The number of rotatable bonds is 4. The Kier molecular flexibility index (Phi) is 3.70. The molecule has 2 nitrogen and oxygen atoms in total. The minimum atomic E-state index is -0.0530. The normalized spacial score (nSPS) is 25.0. The molecular formula is C18H25NO. The van der Waals surface area contributed by atoms with Crippen LogP contribution in [0.25, 0.3) is 5.57 Å². The molecule has 20 heavy (non-hydrogen) atoms. The Morgan fingerprint density at radius 3 is 2.85 bits per heavy atom. The Balaban J connectivity index is 1.83. The van der Waals surface area contributed by atoms with Crippen LogP contribution >= 0.6 is 0 Å². The summed E-state index contributed by atoms with van der Waals surface area (Å²) in [6.07, 6.45) is 4.48. The maximum Gasteiger partial charge on any atom is 0.0873 e. The number of hydrogen-bond donors (Lipinski definition) is 0. The molecule has 2 aliphatic rings. The molecule has 0 N–H and O–H groups in total. The molecule has 0 bridgehead atoms. The standard InChI is InChI=1S/C18H25NO/c1-18(10-6-11-19(2)3)17-13-14-7-4-5-8-15(14)16(17)9-12-20-18/h4-5,7-8H,6,9-13H2,1-3H3. The van der Waals surface area contributed by atoms with Crippen molar-refractivity contribution >= 4 is 5.57 Å². The summed E-state index contributed by atoms with van der Waals surface area (Å²) in [7, 11) is 4.28. The lowest BCUT2D eigenvalue weighted by atomic mass is 9.84. The Morgan fingerprint density at radius 1 is 1.25 bits per heavy atom. The first-order chi connectivity index (χ1) is 9.60. The van der Waals surface area contributed by atoms with Crippen molar-refractivity contribution in [2.24, 2.45) is 0 Å². The maximum absolute atomic E-state index is 6.22. The summed E-state index contributed by atoms with van der Waals surface area (Å²) in [5, 5.41) is 0. The summed E-state index contributed by atoms with van der Waals surface area (Å²) < 4.78 is 6.22. The first-order valence-electron chi connectivity index (χ1n) is 7.70. The zero-order valence-corrected chi connectivity index (χ0v) is 12.9. The second-order valence-corrected chi connectivity index (χ2v) is 6.53. The van der Waals surface area contributed by atoms with Gasteiger partial charge < -0.3 is 9.64 Å². The van der Waals surface area contributed by atoms with Crippen molar-refractivity contribution in [2.75, 3.05) is 27.2 Å². The molecule has 0 fully saturated rings. The lowest BCUT2D eigenvalue weighted by Crippen LogP contribution is -2.36. The van der Waals surface area contributed by atoms with Gasteiger partial charge in [-0.15, -0.1) is 0 Å². The molecule has 0 amide bonds. The number of benzene rings is 1. The highest BCUT2D eigenvalue weighted by molar-refractivity contribution is 5.78. The van der Waals surface area contributed by atoms with Crippen LogP contribution in [0.3, 0.4) is 0 Å². The number of nitrogens with zero attached hydrogens (tertiary/aromatic N) is 1. The first kappa shape index (κ1) is 13.8. The Bertz CT molecular complexity index is 532. The fourth-order valence-electron chi connectivity index (χ4n) is 3.64. The van der Waals surface area contributed by atoms with Gasteiger partial charge in [-0.1, -0.05) is 24.3 Å². The predicted octanol–water partition coefficient (Wildman–Crippen LogP) is 3.52. The van der Waals surface area contributed by atoms with E-state index in [2.05, 4.69) is 50.2 Å². The van der Waals surface area contributed by atoms with E-state index >= 15 is 0 Å². The SMILES string of the molecule is CN(C)CCCC1(C)OCCC2=C1Cc1ccccc12. The molecule has 108 valence electrons. The van der Waals surface area contributed by atoms with Crippen molar-refractivity contribution in [2.45, 2.75) is 38.2 Å². The molecule has 3 rings (SSSR count). The van der Waals surface area contributed by atoms with Gasteiger partial charge in [-0.2, -0.15) is 0 Å². The molecule has 0 radical (unpaired) electrons. The second-order valence-electron chi connectivity index (χ2n) is 6.53. The second kappa shape index (κ2) is 5.34. The minimum absolute atomic E-state index is 0.0530. The van der Waals surface area contributed by atoms with Crippen LogP contribution in [0, 0.1) is 0 Å². The van der Waals surface area contributed by atoms with Crippen molar-refractivity contribution in [1.82, 2.24) is 4.90 Å². The fourth-order valence-corrected chi connectivity index (χ4v) is 3.64. The van der Waals surface area contributed by atoms with E-state index < -0.39 is 0 Å². The fraction of sp³-hybridized carbons (Fsp3) is 0.556. The smallest absolute Gasteiger partial charge is 0.0873 e. The Hall–Kier alpha value is -1.12. The lowest BCUT2D eigenvalue weighted by Gasteiger charge is -2.36. The maximum atomic E-state index is 6.22. The molecular weight excluding hydrogens is 246 g/mol. The van der Waals surface area contributed by atoms with Crippen molar-refractivity contribution in [3.05, 3.63) is 41.0 Å². The molecule has 1 aromatic carbocycles. The third kappa shape index (κ3) is 2.43. The third-order valence-corrected chi connectivity index (χ3v) is 4.74. The highest BCUT2D eigenvalue weighted by Crippen LogP contribution is 2.45. The predicted molar refractivity (Wildman–Crippen MR) is 83.8 cm³/mol. The zero-order chi connectivity index (χ0) is 14.2. The number of hydrogen-bond acceptors (Lipinski definition) is 2. The van der Waals surface area contributed by atoms with Crippen LogP contribution < -0.4 is 0 Å². The summed E-state index contributed by atoms with van der Waals surface area (Å²) in [5.74, 6) is 0. The van der Waals surface area contributed by atoms with Crippen LogP contribution in [0.1, 0.15) is 37.3 Å². The van der Waals surface area contributed by atoms with Gasteiger partial charge >= 0.3 is 0 Å². The summed E-state index contributed by atoms with van der Waals surface area (Å²) in [6, 6.07) is 8.87. The van der Waals surface area contributed by atoms with E-state index in [9.17, 15) is 0 Å². The quantitative estimate of drug-likeness (QED) is 0.831. The average molecular weight is 271 g/mol. The van der Waals surface area contributed by atoms with Gasteiger partial charge in [-0.25, -0.2) is 0 Å². The van der Waals surface area contributed by atoms with Crippen molar-refractivity contribution < 1.29 is 4.74 Å². The molecule has 0 saturated heterocycles. The molecule has 0 aromatic heterocycles. The van der Waals surface area contributed by atoms with E-state index in [1.807, 2.05) is 0 Å². The molecule has 1 unspecified atom stereocenters. The van der Waals surface area contributed by atoms with E-state index in [-0.39, 0.29) is 5.60 Å². The van der Waals surface area contributed by atoms with E-state index in [0.29, 0.717) is 0 Å². The highest BCUT2D eigenvalue weighted by atomic mass is 16.5. The molecule has 1 atom stereocenters. The first-order valence-corrected chi connectivity index (χ1v) is 7.70. The molecule has 2 heteroatoms. The van der Waals surface area contributed by atoms with E-state index in [4.69, 9.17) is 4.74 Å². The molecule has 1 aliphatic heterocycles. The van der Waals surface area contributed by atoms with E-state index in [1.165, 1.54) is 17.5 Å². The average Bonchev–Trinajstić information content (AvgIpc) is 2.79. The van der Waals surface area contributed by atoms with E-state index in [0.717, 1.165) is 32.4 Å². The largest absolute Gasteiger partial charge is 0.371 e. The Labute approximate surface area is 122 Å². The highest BCUT2D eigenvalue weighted by Gasteiger charge is 2.38. The topological polar surface area (TPSA) is 12.5 Å². The van der Waals surface area contributed by atoms with E-state index in [1.54, 1.807) is 11.1 Å². The summed E-state index contributed by atoms with van der Waals surface area (Å²) >= 11 is 0. The summed E-state index contributed by atoms with van der Waals surface area (Å²) in [5.41, 5.74) is 6.03. The summed E-state index contributed by atoms with van der Waals surface area (Å²) in [4.78, 5) is 2.25. The van der Waals surface area contributed by atoms with Gasteiger partial charge in [0.2, 0.25) is 0 Å². The van der Waals surface area contributed by atoms with Crippen LogP contribution in [-0.2, 0) is 11.2 Å². The van der Waals surface area contributed by atoms with Gasteiger partial charge in [-0.3, -0.25) is 0 Å². The van der Waals surface area contributed by atoms with Gasteiger partial charge in [0.05, 0.1) is 12.2 Å². The van der Waals surface area contributed by atoms with Crippen LogP contribution in [0.4, 0.5) is 0 Å². The molecule has 0 saturated carbocycles. The molecule has 0 spiro atoms. The van der Waals surface area contributed by atoms with Crippen molar-refractivity contribution in [3.8, 4) is 0 Å². The lowest BCUT2D eigenvalue weighted by molar-refractivity contribution is -0.0166. The van der Waals surface area contributed by atoms with Gasteiger partial charge in [0.25, 0.3) is 0 Å². The van der Waals surface area contributed by atoms with Crippen molar-refractivity contribution in [3.63, 3.8) is 0 Å². The van der Waals surface area contributed by atoms with Gasteiger partial charge in [0.1, 0.15) is 0 Å². The zero-order valence-electron chi connectivity index (χ0n) is 12.9. The minimum Gasteiger partial charge on any atom is -0.371 e. The monoisotopic (exact) mass is 271 g/mol. The van der Waals surface area contributed by atoms with Crippen LogP contribution in [-0.4, -0.2) is 37.7 Å². The van der Waals surface area contributed by atoms with Crippen LogP contribution in [0.2, 0.25) is 0 Å². The summed E-state index contributed by atoms with van der Waals surface area (Å²) in [6.45, 7) is 4.29. The van der Waals surface area contributed by atoms with Gasteiger partial charge in [-0.05, 0) is 75.5 Å². The van der Waals surface area contributed by atoms with Crippen LogP contribution in [0.15, 0.2) is 29.8 Å². The van der Waals surface area contributed by atoms with Gasteiger partial charge in [0.15, 0.2) is 0 Å². The molecule has 1 heterocycles. The van der Waals surface area contributed by atoms with Gasteiger partial charge in [0, 0.05) is 0 Å². The number of ether oxygens (including phenoxy) is 1. The molecule has 1 aliphatic carbocycles.